The highest BCUT2D eigenvalue weighted by molar-refractivity contribution is 5.69. The van der Waals surface area contributed by atoms with E-state index in [4.69, 9.17) is 9.47 Å². The maximum absolute atomic E-state index is 13.6. The van der Waals surface area contributed by atoms with Crippen LogP contribution in [0.2, 0.25) is 0 Å². The molecule has 1 heterocycles. The van der Waals surface area contributed by atoms with Crippen LogP contribution in [-0.2, 0) is 11.2 Å². The zero-order chi connectivity index (χ0) is 18.7. The summed E-state index contributed by atoms with van der Waals surface area (Å²) in [5.41, 5.74) is 2.64. The number of aryl methyl sites for hydroxylation is 1. The number of ether oxygens (including phenoxy) is 2. The Balaban J connectivity index is 1.88. The van der Waals surface area contributed by atoms with Crippen LogP contribution in [0.15, 0.2) is 42.5 Å². The van der Waals surface area contributed by atoms with Gasteiger partial charge in [0.05, 0.1) is 6.61 Å². The van der Waals surface area contributed by atoms with Gasteiger partial charge in [-0.3, -0.25) is 0 Å². The topological polar surface area (TPSA) is 79.2 Å². The van der Waals surface area contributed by atoms with Crippen molar-refractivity contribution >= 4 is 0 Å². The Morgan fingerprint density at radius 1 is 1.12 bits per heavy atom. The summed E-state index contributed by atoms with van der Waals surface area (Å²) in [6, 6.07) is 11.8. The average Bonchev–Trinajstić information content (AvgIpc) is 2.63. The Morgan fingerprint density at radius 2 is 1.92 bits per heavy atom. The van der Waals surface area contributed by atoms with Crippen molar-refractivity contribution in [3.8, 4) is 16.9 Å². The Bertz CT molecular complexity index is 751. The van der Waals surface area contributed by atoms with Crippen molar-refractivity contribution < 1.29 is 29.2 Å². The molecule has 1 saturated heterocycles. The van der Waals surface area contributed by atoms with Crippen LogP contribution in [-0.4, -0.2) is 46.5 Å². The van der Waals surface area contributed by atoms with Crippen LogP contribution in [0.1, 0.15) is 18.9 Å². The van der Waals surface area contributed by atoms with Gasteiger partial charge in [0.1, 0.15) is 29.9 Å². The van der Waals surface area contributed by atoms with Crippen molar-refractivity contribution in [3.63, 3.8) is 0 Å². The molecule has 3 rings (SSSR count). The van der Waals surface area contributed by atoms with E-state index in [0.29, 0.717) is 5.75 Å². The average molecular weight is 362 g/mol. The summed E-state index contributed by atoms with van der Waals surface area (Å²) < 4.78 is 24.6. The normalized spacial score (nSPS) is 25.9. The predicted octanol–water partition coefficient (Wildman–Crippen LogP) is 2.26. The minimum Gasteiger partial charge on any atom is -0.462 e. The van der Waals surface area contributed by atoms with Crippen molar-refractivity contribution in [2.24, 2.45) is 0 Å². The van der Waals surface area contributed by atoms with E-state index in [1.807, 2.05) is 12.1 Å². The third-order valence-corrected chi connectivity index (χ3v) is 4.44. The lowest BCUT2D eigenvalue weighted by Crippen LogP contribution is -2.54. The van der Waals surface area contributed by atoms with E-state index in [1.54, 1.807) is 18.2 Å². The van der Waals surface area contributed by atoms with Crippen molar-refractivity contribution in [1.82, 2.24) is 0 Å². The molecule has 0 saturated carbocycles. The second-order valence-corrected chi connectivity index (χ2v) is 6.45. The molecule has 0 radical (unpaired) electrons. The highest BCUT2D eigenvalue weighted by atomic mass is 19.1. The first-order chi connectivity index (χ1) is 12.5. The van der Waals surface area contributed by atoms with E-state index in [2.05, 4.69) is 6.92 Å². The van der Waals surface area contributed by atoms with E-state index in [0.717, 1.165) is 29.5 Å². The molecule has 3 N–H and O–H groups in total. The first-order valence-corrected chi connectivity index (χ1v) is 8.71. The summed E-state index contributed by atoms with van der Waals surface area (Å²) in [6.45, 7) is 1.94. The van der Waals surface area contributed by atoms with Crippen molar-refractivity contribution in [2.75, 3.05) is 6.61 Å². The predicted molar refractivity (Wildman–Crippen MR) is 94.2 cm³/mol. The molecule has 0 spiro atoms. The second kappa shape index (κ2) is 8.14. The maximum Gasteiger partial charge on any atom is 0.228 e. The van der Waals surface area contributed by atoms with Crippen LogP contribution in [0.3, 0.4) is 0 Å². The third kappa shape index (κ3) is 4.04. The van der Waals surface area contributed by atoms with E-state index >= 15 is 0 Å². The van der Waals surface area contributed by atoms with Crippen molar-refractivity contribution in [2.45, 2.75) is 44.4 Å². The fourth-order valence-corrected chi connectivity index (χ4v) is 3.06. The molecule has 0 unspecified atom stereocenters. The summed E-state index contributed by atoms with van der Waals surface area (Å²) in [5.74, 6) is 0.108. The van der Waals surface area contributed by atoms with Gasteiger partial charge in [-0.15, -0.1) is 0 Å². The smallest absolute Gasteiger partial charge is 0.228 e. The number of aliphatic hydroxyl groups is 3. The molecule has 140 valence electrons. The van der Waals surface area contributed by atoms with Crippen LogP contribution in [0.4, 0.5) is 4.39 Å². The SMILES string of the molecule is CCCc1ccc(O[C@@H]2OC[C@H](O)[C@@H](O)[C@H]2O)cc1-c1cccc(F)c1. The minimum atomic E-state index is -1.37. The zero-order valence-electron chi connectivity index (χ0n) is 14.5. The van der Waals surface area contributed by atoms with E-state index in [9.17, 15) is 19.7 Å². The molecule has 26 heavy (non-hydrogen) atoms. The van der Waals surface area contributed by atoms with Gasteiger partial charge in [0.2, 0.25) is 6.29 Å². The molecule has 2 aromatic carbocycles. The van der Waals surface area contributed by atoms with E-state index in [-0.39, 0.29) is 12.4 Å². The molecule has 1 fully saturated rings. The highest BCUT2D eigenvalue weighted by Crippen LogP contribution is 2.31. The minimum absolute atomic E-state index is 0.131. The molecule has 1 aliphatic rings. The van der Waals surface area contributed by atoms with E-state index in [1.165, 1.54) is 12.1 Å². The molecule has 6 heteroatoms. The Morgan fingerprint density at radius 3 is 2.65 bits per heavy atom. The lowest BCUT2D eigenvalue weighted by atomic mass is 9.96. The van der Waals surface area contributed by atoms with Gasteiger partial charge in [0.25, 0.3) is 0 Å². The number of halogens is 1. The maximum atomic E-state index is 13.6. The zero-order valence-corrected chi connectivity index (χ0v) is 14.5. The summed E-state index contributed by atoms with van der Waals surface area (Å²) in [7, 11) is 0. The molecule has 5 nitrogen and oxygen atoms in total. The number of aliphatic hydroxyl groups excluding tert-OH is 3. The van der Waals surface area contributed by atoms with Gasteiger partial charge in [-0.05, 0) is 47.4 Å². The van der Waals surface area contributed by atoms with Gasteiger partial charge in [-0.2, -0.15) is 0 Å². The lowest BCUT2D eigenvalue weighted by Gasteiger charge is -2.35. The van der Waals surface area contributed by atoms with Gasteiger partial charge in [-0.25, -0.2) is 4.39 Å². The van der Waals surface area contributed by atoms with Crippen LogP contribution in [0.5, 0.6) is 5.75 Å². The quantitative estimate of drug-likeness (QED) is 0.760. The first kappa shape index (κ1) is 18.8. The number of rotatable bonds is 5. The largest absolute Gasteiger partial charge is 0.462 e. The van der Waals surface area contributed by atoms with Gasteiger partial charge in [0, 0.05) is 0 Å². The fraction of sp³-hybridized carbons (Fsp3) is 0.400. The van der Waals surface area contributed by atoms with Gasteiger partial charge < -0.3 is 24.8 Å². The van der Waals surface area contributed by atoms with Crippen LogP contribution < -0.4 is 4.74 Å². The van der Waals surface area contributed by atoms with Crippen LogP contribution in [0.25, 0.3) is 11.1 Å². The van der Waals surface area contributed by atoms with Crippen molar-refractivity contribution in [1.29, 1.82) is 0 Å². The van der Waals surface area contributed by atoms with Gasteiger partial charge in [-0.1, -0.05) is 31.5 Å². The highest BCUT2D eigenvalue weighted by Gasteiger charge is 2.39. The molecule has 0 amide bonds. The Labute approximate surface area is 151 Å². The summed E-state index contributed by atoms with van der Waals surface area (Å²) in [4.78, 5) is 0. The Kier molecular flexibility index (Phi) is 5.88. The van der Waals surface area contributed by atoms with E-state index < -0.39 is 24.6 Å². The number of hydrogen-bond acceptors (Lipinski definition) is 5. The first-order valence-electron chi connectivity index (χ1n) is 8.71. The number of hydrogen-bond donors (Lipinski definition) is 3. The summed E-state index contributed by atoms with van der Waals surface area (Å²) in [5, 5.41) is 29.3. The molecule has 0 bridgehead atoms. The third-order valence-electron chi connectivity index (χ3n) is 4.44. The fourth-order valence-electron chi connectivity index (χ4n) is 3.06. The Hall–Kier alpha value is -1.99. The lowest BCUT2D eigenvalue weighted by molar-refractivity contribution is -0.242. The second-order valence-electron chi connectivity index (χ2n) is 6.45. The standard InChI is InChI=1S/C20H23FO5/c1-2-4-12-7-8-15(10-16(12)13-5-3-6-14(21)9-13)26-20-19(24)18(23)17(22)11-25-20/h3,5-10,17-20,22-24H,2,4,11H2,1H3/t17-,18+,19+,20-/m0/s1. The molecular weight excluding hydrogens is 339 g/mol. The molecule has 0 aromatic heterocycles. The molecule has 0 aliphatic carbocycles. The monoisotopic (exact) mass is 362 g/mol. The molecular formula is C20H23FO5. The van der Waals surface area contributed by atoms with Crippen LogP contribution >= 0.6 is 0 Å². The van der Waals surface area contributed by atoms with Crippen LogP contribution in [0, 0.1) is 5.82 Å². The summed E-state index contributed by atoms with van der Waals surface area (Å²) in [6.07, 6.45) is -3.18. The van der Waals surface area contributed by atoms with Gasteiger partial charge in [0.15, 0.2) is 0 Å². The van der Waals surface area contributed by atoms with Gasteiger partial charge >= 0.3 is 0 Å². The molecule has 1 aliphatic heterocycles. The van der Waals surface area contributed by atoms with Crippen molar-refractivity contribution in [3.05, 3.63) is 53.8 Å². The molecule has 2 aromatic rings. The number of benzene rings is 2. The summed E-state index contributed by atoms with van der Waals surface area (Å²) >= 11 is 0. The molecule has 4 atom stereocenters.